The van der Waals surface area contributed by atoms with Crippen LogP contribution in [0.5, 0.6) is 0 Å². The number of carbonyl (C=O) groups is 1. The lowest BCUT2D eigenvalue weighted by Crippen LogP contribution is -2.40. The summed E-state index contributed by atoms with van der Waals surface area (Å²) in [7, 11) is 1.96. The molecule has 2 rings (SSSR count). The Morgan fingerprint density at radius 3 is 2.68 bits per heavy atom. The molecule has 1 saturated carbocycles. The average molecular weight is 329 g/mol. The molecule has 1 aromatic rings. The minimum atomic E-state index is 0. The van der Waals surface area contributed by atoms with E-state index in [0.29, 0.717) is 12.5 Å². The Bertz CT molecular complexity index is 514. The molecule has 1 aliphatic rings. The first-order valence-corrected chi connectivity index (χ1v) is 7.93. The monoisotopic (exact) mass is 328 g/mol. The van der Waals surface area contributed by atoms with Gasteiger partial charge >= 0.3 is 0 Å². The SMILES string of the molecule is Cc1nn(C)c(C)c1CC(C)NC(=O)[C@@H]1CCC[C@@H]1CN.Cl. The predicted octanol–water partition coefficient (Wildman–Crippen LogP) is 1.88. The quantitative estimate of drug-likeness (QED) is 0.866. The summed E-state index contributed by atoms with van der Waals surface area (Å²) >= 11 is 0. The summed E-state index contributed by atoms with van der Waals surface area (Å²) in [4.78, 5) is 12.4. The van der Waals surface area contributed by atoms with Crippen molar-refractivity contribution < 1.29 is 4.79 Å². The molecule has 1 unspecified atom stereocenters. The largest absolute Gasteiger partial charge is 0.353 e. The first kappa shape index (κ1) is 19.0. The van der Waals surface area contributed by atoms with Gasteiger partial charge in [-0.3, -0.25) is 9.48 Å². The van der Waals surface area contributed by atoms with E-state index >= 15 is 0 Å². The zero-order valence-electron chi connectivity index (χ0n) is 14.1. The number of hydrogen-bond acceptors (Lipinski definition) is 3. The Morgan fingerprint density at radius 2 is 2.14 bits per heavy atom. The summed E-state index contributed by atoms with van der Waals surface area (Å²) in [5, 5.41) is 7.60. The summed E-state index contributed by atoms with van der Waals surface area (Å²) < 4.78 is 1.90. The molecule has 1 fully saturated rings. The summed E-state index contributed by atoms with van der Waals surface area (Å²) in [6.07, 6.45) is 4.02. The molecule has 0 aromatic carbocycles. The van der Waals surface area contributed by atoms with Crippen LogP contribution < -0.4 is 11.1 Å². The van der Waals surface area contributed by atoms with Crippen LogP contribution in [0, 0.1) is 25.7 Å². The number of nitrogens with two attached hydrogens (primary N) is 1. The maximum Gasteiger partial charge on any atom is 0.223 e. The van der Waals surface area contributed by atoms with E-state index in [0.717, 1.165) is 31.4 Å². The Balaban J connectivity index is 0.00000242. The topological polar surface area (TPSA) is 72.9 Å². The lowest BCUT2D eigenvalue weighted by atomic mass is 9.94. The first-order valence-electron chi connectivity index (χ1n) is 7.93. The highest BCUT2D eigenvalue weighted by atomic mass is 35.5. The van der Waals surface area contributed by atoms with Crippen molar-refractivity contribution in [3.8, 4) is 0 Å². The van der Waals surface area contributed by atoms with Gasteiger partial charge in [-0.15, -0.1) is 12.4 Å². The van der Waals surface area contributed by atoms with Crippen LogP contribution in [0.15, 0.2) is 0 Å². The van der Waals surface area contributed by atoms with Crippen LogP contribution in [0.2, 0.25) is 0 Å². The molecular formula is C16H29ClN4O. The number of aryl methyl sites for hydroxylation is 2. The third kappa shape index (κ3) is 4.02. The Hall–Kier alpha value is -1.07. The molecular weight excluding hydrogens is 300 g/mol. The molecule has 1 heterocycles. The number of nitrogens with zero attached hydrogens (tertiary/aromatic N) is 2. The van der Waals surface area contributed by atoms with E-state index in [2.05, 4.69) is 24.3 Å². The molecule has 1 aromatic heterocycles. The second-order valence-corrected chi connectivity index (χ2v) is 6.42. The Kier molecular flexibility index (Phi) is 6.88. The summed E-state index contributed by atoms with van der Waals surface area (Å²) in [5.74, 6) is 0.641. The van der Waals surface area contributed by atoms with Gasteiger partial charge in [0.1, 0.15) is 0 Å². The summed E-state index contributed by atoms with van der Waals surface area (Å²) in [5.41, 5.74) is 9.24. The molecule has 1 amide bonds. The normalized spacial score (nSPS) is 22.2. The van der Waals surface area contributed by atoms with E-state index in [1.165, 1.54) is 11.3 Å². The van der Waals surface area contributed by atoms with Gasteiger partial charge in [0.2, 0.25) is 5.91 Å². The van der Waals surface area contributed by atoms with Crippen molar-refractivity contribution in [1.29, 1.82) is 0 Å². The van der Waals surface area contributed by atoms with Crippen LogP contribution in [0.4, 0.5) is 0 Å². The molecule has 0 saturated heterocycles. The van der Waals surface area contributed by atoms with Gasteiger partial charge in [-0.05, 0) is 58.1 Å². The van der Waals surface area contributed by atoms with E-state index in [4.69, 9.17) is 5.73 Å². The summed E-state index contributed by atoms with van der Waals surface area (Å²) in [6, 6.07) is 0.123. The van der Waals surface area contributed by atoms with Crippen LogP contribution >= 0.6 is 12.4 Å². The minimum absolute atomic E-state index is 0. The highest BCUT2D eigenvalue weighted by molar-refractivity contribution is 5.85. The molecule has 0 bridgehead atoms. The number of hydrogen-bond donors (Lipinski definition) is 2. The van der Waals surface area contributed by atoms with Crippen molar-refractivity contribution in [3.05, 3.63) is 17.0 Å². The van der Waals surface area contributed by atoms with E-state index in [9.17, 15) is 4.79 Å². The van der Waals surface area contributed by atoms with Crippen LogP contribution in [-0.4, -0.2) is 28.3 Å². The molecule has 126 valence electrons. The van der Waals surface area contributed by atoms with Crippen molar-refractivity contribution >= 4 is 18.3 Å². The fraction of sp³-hybridized carbons (Fsp3) is 0.750. The standard InChI is InChI=1S/C16H28N4O.ClH/c1-10(8-15-11(2)19-20(4)12(15)3)18-16(21)14-7-5-6-13(14)9-17;/h10,13-14H,5-9,17H2,1-4H3,(H,18,21);1H/t10?,13-,14-;/m1./s1. The van der Waals surface area contributed by atoms with Gasteiger partial charge in [-0.2, -0.15) is 5.10 Å². The third-order valence-electron chi connectivity index (χ3n) is 4.86. The smallest absolute Gasteiger partial charge is 0.223 e. The molecule has 6 heteroatoms. The molecule has 0 aliphatic heterocycles. The van der Waals surface area contributed by atoms with E-state index in [1.807, 2.05) is 18.7 Å². The molecule has 0 spiro atoms. The maximum absolute atomic E-state index is 12.4. The van der Waals surface area contributed by atoms with Crippen LogP contribution in [0.1, 0.15) is 43.1 Å². The lowest BCUT2D eigenvalue weighted by Gasteiger charge is -2.21. The average Bonchev–Trinajstić information content (AvgIpc) is 2.99. The third-order valence-corrected chi connectivity index (χ3v) is 4.86. The number of carbonyl (C=O) groups excluding carboxylic acids is 1. The minimum Gasteiger partial charge on any atom is -0.353 e. The highest BCUT2D eigenvalue weighted by Gasteiger charge is 2.32. The molecule has 22 heavy (non-hydrogen) atoms. The van der Waals surface area contributed by atoms with Gasteiger partial charge in [-0.1, -0.05) is 6.42 Å². The van der Waals surface area contributed by atoms with Crippen molar-refractivity contribution in [2.24, 2.45) is 24.6 Å². The van der Waals surface area contributed by atoms with Crippen LogP contribution in [0.3, 0.4) is 0 Å². The lowest BCUT2D eigenvalue weighted by molar-refractivity contribution is -0.126. The van der Waals surface area contributed by atoms with Gasteiger partial charge < -0.3 is 11.1 Å². The van der Waals surface area contributed by atoms with E-state index in [-0.39, 0.29) is 30.3 Å². The maximum atomic E-state index is 12.4. The molecule has 5 nitrogen and oxygen atoms in total. The van der Waals surface area contributed by atoms with Gasteiger partial charge in [-0.25, -0.2) is 0 Å². The van der Waals surface area contributed by atoms with Gasteiger partial charge in [0.05, 0.1) is 5.69 Å². The second kappa shape index (κ2) is 7.97. The van der Waals surface area contributed by atoms with Crippen molar-refractivity contribution in [2.75, 3.05) is 6.54 Å². The predicted molar refractivity (Wildman–Crippen MR) is 91.1 cm³/mol. The fourth-order valence-corrected chi connectivity index (χ4v) is 3.48. The summed E-state index contributed by atoms with van der Waals surface area (Å²) in [6.45, 7) is 6.78. The number of aromatic nitrogens is 2. The second-order valence-electron chi connectivity index (χ2n) is 6.42. The Morgan fingerprint density at radius 1 is 1.45 bits per heavy atom. The van der Waals surface area contributed by atoms with Crippen LogP contribution in [0.25, 0.3) is 0 Å². The molecule has 3 N–H and O–H groups in total. The van der Waals surface area contributed by atoms with Crippen molar-refractivity contribution in [2.45, 2.75) is 52.5 Å². The number of nitrogens with one attached hydrogen (secondary N) is 1. The van der Waals surface area contributed by atoms with Crippen molar-refractivity contribution in [3.63, 3.8) is 0 Å². The van der Waals surface area contributed by atoms with E-state index < -0.39 is 0 Å². The molecule has 1 aliphatic carbocycles. The Labute approximate surface area is 139 Å². The number of halogens is 1. The fourth-order valence-electron chi connectivity index (χ4n) is 3.48. The van der Waals surface area contributed by atoms with Gasteiger partial charge in [0.15, 0.2) is 0 Å². The zero-order chi connectivity index (χ0) is 15.6. The van der Waals surface area contributed by atoms with Gasteiger partial charge in [0.25, 0.3) is 0 Å². The van der Waals surface area contributed by atoms with Gasteiger partial charge in [0, 0.05) is 24.7 Å². The highest BCUT2D eigenvalue weighted by Crippen LogP contribution is 2.31. The number of amides is 1. The molecule has 0 radical (unpaired) electrons. The molecule has 3 atom stereocenters. The zero-order valence-corrected chi connectivity index (χ0v) is 14.9. The van der Waals surface area contributed by atoms with Crippen molar-refractivity contribution in [1.82, 2.24) is 15.1 Å². The first-order chi connectivity index (χ1) is 9.93. The number of rotatable bonds is 5. The van der Waals surface area contributed by atoms with Crippen LogP contribution in [-0.2, 0) is 18.3 Å². The van der Waals surface area contributed by atoms with E-state index in [1.54, 1.807) is 0 Å².